The maximum Gasteiger partial charge on any atom is 0.306 e. The van der Waals surface area contributed by atoms with Crippen LogP contribution in [0.15, 0.2) is 12.1 Å². The van der Waals surface area contributed by atoms with E-state index in [9.17, 15) is 14.3 Å². The molecule has 0 unspecified atom stereocenters. The van der Waals surface area contributed by atoms with Gasteiger partial charge in [-0.1, -0.05) is 19.4 Å². The summed E-state index contributed by atoms with van der Waals surface area (Å²) in [7, 11) is 0. The molecule has 0 bridgehead atoms. The highest BCUT2D eigenvalue weighted by Crippen LogP contribution is 2.25. The van der Waals surface area contributed by atoms with E-state index in [1.807, 2.05) is 0 Å². The molecule has 0 amide bonds. The molecule has 18 heavy (non-hydrogen) atoms. The van der Waals surface area contributed by atoms with E-state index in [1.165, 1.54) is 6.92 Å². The minimum atomic E-state index is -2.99. The third-order valence-corrected chi connectivity index (χ3v) is 2.30. The van der Waals surface area contributed by atoms with Crippen molar-refractivity contribution in [1.82, 2.24) is 0 Å². The summed E-state index contributed by atoms with van der Waals surface area (Å²) in [6.07, 6.45) is -5.23. The molecule has 1 rings (SSSR count). The van der Waals surface area contributed by atoms with Gasteiger partial charge in [-0.15, -0.1) is 0 Å². The first-order valence-electron chi connectivity index (χ1n) is 7.79. The Bertz CT molecular complexity index is 561. The molecular formula is C14H19FO3. The summed E-state index contributed by atoms with van der Waals surface area (Å²) >= 11 is 0. The van der Waals surface area contributed by atoms with Crippen molar-refractivity contribution in [3.63, 3.8) is 0 Å². The van der Waals surface area contributed by atoms with Crippen molar-refractivity contribution < 1.29 is 24.5 Å². The number of aryl methyl sites for hydroxylation is 1. The zero-order valence-corrected chi connectivity index (χ0v) is 10.4. The number of ether oxygens (including phenoxy) is 1. The molecule has 1 aromatic rings. The van der Waals surface area contributed by atoms with Crippen molar-refractivity contribution in [2.45, 2.75) is 39.4 Å². The predicted octanol–water partition coefficient (Wildman–Crippen LogP) is 2.98. The van der Waals surface area contributed by atoms with Gasteiger partial charge in [-0.05, 0) is 36.9 Å². The molecular weight excluding hydrogens is 235 g/mol. The highest BCUT2D eigenvalue weighted by atomic mass is 19.1. The average Bonchev–Trinajstić information content (AvgIpc) is 2.44. The summed E-state index contributed by atoms with van der Waals surface area (Å²) in [6, 6.07) is 2.04. The smallest absolute Gasteiger partial charge is 0.306 e. The Kier molecular flexibility index (Phi) is 3.64. The van der Waals surface area contributed by atoms with Gasteiger partial charge < -0.3 is 9.84 Å². The molecule has 0 saturated carbocycles. The van der Waals surface area contributed by atoms with E-state index in [4.69, 9.17) is 5.48 Å². The zero-order chi connectivity index (χ0) is 17.1. The molecule has 0 aliphatic carbocycles. The second kappa shape index (κ2) is 6.99. The van der Waals surface area contributed by atoms with E-state index in [0.29, 0.717) is 6.42 Å². The normalized spacial score (nSPS) is 15.3. The summed E-state index contributed by atoms with van der Waals surface area (Å²) < 4.78 is 50.2. The van der Waals surface area contributed by atoms with Gasteiger partial charge in [0.1, 0.15) is 0 Å². The van der Waals surface area contributed by atoms with Crippen LogP contribution in [0.4, 0.5) is 4.39 Å². The fourth-order valence-electron chi connectivity index (χ4n) is 1.51. The third-order valence-electron chi connectivity index (χ3n) is 2.30. The highest BCUT2D eigenvalue weighted by Gasteiger charge is 2.13. The summed E-state index contributed by atoms with van der Waals surface area (Å²) in [5, 5.41) is 9.43. The third kappa shape index (κ3) is 3.72. The van der Waals surface area contributed by atoms with Gasteiger partial charge >= 0.3 is 5.97 Å². The second-order valence-electron chi connectivity index (χ2n) is 3.65. The van der Waals surface area contributed by atoms with E-state index in [2.05, 4.69) is 4.74 Å². The van der Waals surface area contributed by atoms with Gasteiger partial charge in [0.2, 0.25) is 0 Å². The molecule has 0 atom stereocenters. The Labute approximate surface area is 112 Å². The van der Waals surface area contributed by atoms with Crippen LogP contribution in [0.5, 0.6) is 5.75 Å². The van der Waals surface area contributed by atoms with E-state index >= 15 is 0 Å². The number of carbonyl (C=O) groups excluding carboxylic acids is 1. The molecule has 0 spiro atoms. The molecule has 0 saturated heterocycles. The molecule has 3 nitrogen and oxygen atoms in total. The zero-order valence-electron chi connectivity index (χ0n) is 14.4. The van der Waals surface area contributed by atoms with Crippen molar-refractivity contribution in [2.75, 3.05) is 6.61 Å². The van der Waals surface area contributed by atoms with Crippen LogP contribution in [-0.4, -0.2) is 17.7 Å². The Morgan fingerprint density at radius 3 is 2.83 bits per heavy atom. The first kappa shape index (κ1) is 9.36. The van der Waals surface area contributed by atoms with Gasteiger partial charge in [0.05, 0.1) is 6.61 Å². The average molecular weight is 258 g/mol. The Morgan fingerprint density at radius 2 is 2.22 bits per heavy atom. The molecule has 0 aliphatic rings. The maximum atomic E-state index is 14.1. The van der Waals surface area contributed by atoms with Crippen molar-refractivity contribution in [2.24, 2.45) is 0 Å². The van der Waals surface area contributed by atoms with Crippen molar-refractivity contribution in [3.8, 4) is 5.75 Å². The lowest BCUT2D eigenvalue weighted by atomic mass is 9.98. The first-order chi connectivity index (χ1) is 10.1. The summed E-state index contributed by atoms with van der Waals surface area (Å²) in [6.45, 7) is 3.12. The van der Waals surface area contributed by atoms with E-state index in [-0.39, 0.29) is 24.2 Å². The van der Waals surface area contributed by atoms with Crippen LogP contribution in [0, 0.1) is 5.82 Å². The number of hydrogen-bond acceptors (Lipinski definition) is 3. The fourth-order valence-corrected chi connectivity index (χ4v) is 1.51. The number of phenolic OH excluding ortho intramolecular Hbond substituents is 1. The second-order valence-corrected chi connectivity index (χ2v) is 3.65. The fraction of sp³-hybridized carbons (Fsp3) is 0.500. The predicted molar refractivity (Wildman–Crippen MR) is 67.0 cm³/mol. The molecule has 0 fully saturated rings. The van der Waals surface area contributed by atoms with Crippen molar-refractivity contribution >= 4 is 5.97 Å². The molecule has 0 aliphatic heterocycles. The Balaban J connectivity index is 3.45. The van der Waals surface area contributed by atoms with Crippen LogP contribution in [0.25, 0.3) is 0 Å². The molecule has 0 radical (unpaired) electrons. The lowest BCUT2D eigenvalue weighted by Gasteiger charge is -2.11. The maximum absolute atomic E-state index is 14.1. The van der Waals surface area contributed by atoms with Crippen molar-refractivity contribution in [1.29, 1.82) is 0 Å². The van der Waals surface area contributed by atoms with Crippen LogP contribution in [0.1, 0.15) is 43.3 Å². The minimum Gasteiger partial charge on any atom is -0.505 e. The number of esters is 1. The van der Waals surface area contributed by atoms with Gasteiger partial charge in [-0.3, -0.25) is 4.79 Å². The Hall–Kier alpha value is -1.58. The number of halogens is 1. The SMILES string of the molecule is [2H]C([2H])(C(=O)OCC)C([2H])([2H])c1ccc(O)c(F)c1CCC. The number of aromatic hydroxyl groups is 1. The first-order valence-corrected chi connectivity index (χ1v) is 5.79. The van der Waals surface area contributed by atoms with Crippen LogP contribution in [0.2, 0.25) is 0 Å². The monoisotopic (exact) mass is 258 g/mol. The number of hydrogen-bond donors (Lipinski definition) is 1. The highest BCUT2D eigenvalue weighted by molar-refractivity contribution is 5.69. The van der Waals surface area contributed by atoms with Gasteiger partial charge in [-0.2, -0.15) is 0 Å². The van der Waals surface area contributed by atoms with Gasteiger partial charge in [0, 0.05) is 11.9 Å². The van der Waals surface area contributed by atoms with E-state index in [1.54, 1.807) is 6.92 Å². The van der Waals surface area contributed by atoms with Gasteiger partial charge in [0.15, 0.2) is 11.6 Å². The quantitative estimate of drug-likeness (QED) is 0.798. The lowest BCUT2D eigenvalue weighted by Crippen LogP contribution is -2.07. The number of rotatable bonds is 6. The number of carbonyl (C=O) groups is 1. The minimum absolute atomic E-state index is 0.0970. The largest absolute Gasteiger partial charge is 0.505 e. The molecule has 1 aromatic carbocycles. The molecule has 1 N–H and O–H groups in total. The number of benzene rings is 1. The van der Waals surface area contributed by atoms with E-state index in [0.717, 1.165) is 12.1 Å². The number of phenols is 1. The summed E-state index contributed by atoms with van der Waals surface area (Å²) in [5.41, 5.74) is -0.441. The van der Waals surface area contributed by atoms with Crippen LogP contribution >= 0.6 is 0 Å². The van der Waals surface area contributed by atoms with E-state index < -0.39 is 30.3 Å². The topological polar surface area (TPSA) is 46.5 Å². The van der Waals surface area contributed by atoms with Crippen LogP contribution < -0.4 is 0 Å². The van der Waals surface area contributed by atoms with Crippen LogP contribution in [0.3, 0.4) is 0 Å². The Morgan fingerprint density at radius 1 is 1.50 bits per heavy atom. The lowest BCUT2D eigenvalue weighted by molar-refractivity contribution is -0.143. The van der Waals surface area contributed by atoms with Crippen LogP contribution in [-0.2, 0) is 22.3 Å². The van der Waals surface area contributed by atoms with Gasteiger partial charge in [-0.25, -0.2) is 4.39 Å². The molecule has 4 heteroatoms. The summed E-state index contributed by atoms with van der Waals surface area (Å²) in [4.78, 5) is 11.7. The summed E-state index contributed by atoms with van der Waals surface area (Å²) in [5.74, 6) is -2.99. The standard InChI is InChI=1S/C14H19FO3/c1-3-5-11-10(6-8-12(16)14(11)15)7-9-13(17)18-4-2/h6,8,16H,3-5,7,9H2,1-2H3/i7D2,9D2. The molecule has 0 aromatic heterocycles. The van der Waals surface area contributed by atoms with Gasteiger partial charge in [0.25, 0.3) is 0 Å². The molecule has 0 heterocycles. The molecule has 100 valence electrons. The van der Waals surface area contributed by atoms with Crippen molar-refractivity contribution in [3.05, 3.63) is 29.1 Å².